The van der Waals surface area contributed by atoms with Crippen molar-refractivity contribution in [1.29, 1.82) is 0 Å². The minimum Gasteiger partial charge on any atom is -0.354 e. The van der Waals surface area contributed by atoms with Crippen LogP contribution in [-0.2, 0) is 14.8 Å². The van der Waals surface area contributed by atoms with E-state index in [2.05, 4.69) is 10.0 Å². The zero-order valence-corrected chi connectivity index (χ0v) is 12.7. The Hall–Kier alpha value is -0.660. The van der Waals surface area contributed by atoms with E-state index >= 15 is 0 Å². The number of nitrogens with two attached hydrogens (primary N) is 1. The zero-order chi connectivity index (χ0) is 14.6. The number of carbonyl (C=O) groups is 1. The van der Waals surface area contributed by atoms with Gasteiger partial charge in [-0.25, -0.2) is 13.1 Å². The van der Waals surface area contributed by atoms with E-state index in [1.165, 1.54) is 0 Å². The van der Waals surface area contributed by atoms with Crippen LogP contribution in [0.3, 0.4) is 0 Å². The quantitative estimate of drug-likeness (QED) is 0.631. The number of hydrogen-bond donors (Lipinski definition) is 3. The van der Waals surface area contributed by atoms with Gasteiger partial charge < -0.3 is 11.1 Å². The van der Waals surface area contributed by atoms with Gasteiger partial charge in [0.2, 0.25) is 15.9 Å². The second-order valence-corrected chi connectivity index (χ2v) is 7.48. The Morgan fingerprint density at radius 3 is 2.53 bits per heavy atom. The zero-order valence-electron chi connectivity index (χ0n) is 11.8. The number of rotatable bonds is 6. The normalized spacial score (nSPS) is 25.5. The van der Waals surface area contributed by atoms with E-state index in [-0.39, 0.29) is 23.8 Å². The van der Waals surface area contributed by atoms with Gasteiger partial charge in [-0.3, -0.25) is 4.79 Å². The molecular formula is C12H25N3O3S. The lowest BCUT2D eigenvalue weighted by Gasteiger charge is -2.22. The second-order valence-electron chi connectivity index (χ2n) is 5.70. The summed E-state index contributed by atoms with van der Waals surface area (Å²) in [6, 6.07) is -0.590. The van der Waals surface area contributed by atoms with Crippen LogP contribution >= 0.6 is 0 Å². The van der Waals surface area contributed by atoms with Crippen LogP contribution in [0.4, 0.5) is 0 Å². The Labute approximate surface area is 115 Å². The van der Waals surface area contributed by atoms with Crippen LogP contribution in [0, 0.1) is 11.8 Å². The van der Waals surface area contributed by atoms with Gasteiger partial charge in [0.05, 0.1) is 12.3 Å². The largest absolute Gasteiger partial charge is 0.354 e. The molecule has 1 fully saturated rings. The Balaban J connectivity index is 2.46. The topological polar surface area (TPSA) is 101 Å². The molecule has 0 aliphatic heterocycles. The molecular weight excluding hydrogens is 266 g/mol. The predicted octanol–water partition coefficient (Wildman–Crippen LogP) is -0.196. The van der Waals surface area contributed by atoms with Gasteiger partial charge in [0, 0.05) is 12.6 Å². The highest BCUT2D eigenvalue weighted by Crippen LogP contribution is 2.25. The first-order valence-electron chi connectivity index (χ1n) is 6.71. The van der Waals surface area contributed by atoms with Crippen LogP contribution in [0.25, 0.3) is 0 Å². The summed E-state index contributed by atoms with van der Waals surface area (Å²) in [5.74, 6) is 0.0755. The Bertz CT molecular complexity index is 408. The smallest absolute Gasteiger partial charge is 0.237 e. The Kier molecular flexibility index (Phi) is 5.76. The fraction of sp³-hybridized carbons (Fsp3) is 0.917. The van der Waals surface area contributed by atoms with Gasteiger partial charge in [0.15, 0.2) is 0 Å². The highest BCUT2D eigenvalue weighted by Gasteiger charge is 2.30. The number of carbonyl (C=O) groups excluding carboxylic acids is 1. The molecule has 0 spiro atoms. The van der Waals surface area contributed by atoms with Gasteiger partial charge in [-0.15, -0.1) is 0 Å². The summed E-state index contributed by atoms with van der Waals surface area (Å²) < 4.78 is 25.1. The van der Waals surface area contributed by atoms with Gasteiger partial charge in [-0.05, 0) is 24.7 Å². The van der Waals surface area contributed by atoms with E-state index in [0.29, 0.717) is 6.54 Å². The predicted molar refractivity (Wildman–Crippen MR) is 74.9 cm³/mol. The molecule has 1 aliphatic rings. The fourth-order valence-electron chi connectivity index (χ4n) is 2.36. The highest BCUT2D eigenvalue weighted by atomic mass is 32.2. The molecule has 3 atom stereocenters. The summed E-state index contributed by atoms with van der Waals surface area (Å²) in [7, 11) is -3.20. The standard InChI is InChI=1S/C12H25N3O3S/c1-8(2)11(13)12(16)14-7-9-5-4-6-10(9)15-19(3,17)18/h8-11,15H,4-7,13H2,1-3H3,(H,14,16)/t9?,10?,11-/m0/s1. The SMILES string of the molecule is CC(C)[C@H](N)C(=O)NCC1CCCC1NS(C)(=O)=O. The summed E-state index contributed by atoms with van der Waals surface area (Å²) in [4.78, 5) is 11.8. The molecule has 4 N–H and O–H groups in total. The van der Waals surface area contributed by atoms with Crippen molar-refractivity contribution in [3.05, 3.63) is 0 Å². The first-order valence-corrected chi connectivity index (χ1v) is 8.60. The van der Waals surface area contributed by atoms with Crippen molar-refractivity contribution in [1.82, 2.24) is 10.0 Å². The molecule has 0 aromatic heterocycles. The van der Waals surface area contributed by atoms with Crippen LogP contribution in [0.1, 0.15) is 33.1 Å². The van der Waals surface area contributed by atoms with Crippen molar-refractivity contribution in [2.75, 3.05) is 12.8 Å². The molecule has 6 nitrogen and oxygen atoms in total. The summed E-state index contributed by atoms with van der Waals surface area (Å²) in [6.07, 6.45) is 3.88. The third kappa shape index (κ3) is 5.46. The minimum absolute atomic E-state index is 0.0782. The number of amides is 1. The molecule has 19 heavy (non-hydrogen) atoms. The Morgan fingerprint density at radius 1 is 1.37 bits per heavy atom. The average Bonchev–Trinajstić information content (AvgIpc) is 2.69. The second kappa shape index (κ2) is 6.67. The van der Waals surface area contributed by atoms with Crippen molar-refractivity contribution in [2.45, 2.75) is 45.2 Å². The first kappa shape index (κ1) is 16.4. The van der Waals surface area contributed by atoms with E-state index in [0.717, 1.165) is 25.5 Å². The summed E-state index contributed by atoms with van der Waals surface area (Å²) in [6.45, 7) is 4.27. The maximum Gasteiger partial charge on any atom is 0.237 e. The lowest BCUT2D eigenvalue weighted by atomic mass is 10.0. The van der Waals surface area contributed by atoms with E-state index < -0.39 is 16.1 Å². The maximum atomic E-state index is 11.8. The maximum absolute atomic E-state index is 11.8. The van der Waals surface area contributed by atoms with Crippen LogP contribution in [-0.4, -0.2) is 39.2 Å². The van der Waals surface area contributed by atoms with Crippen molar-refractivity contribution in [3.63, 3.8) is 0 Å². The highest BCUT2D eigenvalue weighted by molar-refractivity contribution is 7.88. The van der Waals surface area contributed by atoms with Crippen molar-refractivity contribution < 1.29 is 13.2 Å². The van der Waals surface area contributed by atoms with Crippen LogP contribution in [0.5, 0.6) is 0 Å². The molecule has 0 aromatic rings. The summed E-state index contributed by atoms with van der Waals surface area (Å²) in [5.41, 5.74) is 5.76. The molecule has 1 rings (SSSR count). The van der Waals surface area contributed by atoms with Crippen molar-refractivity contribution in [2.24, 2.45) is 17.6 Å². The summed E-state index contributed by atoms with van der Waals surface area (Å²) >= 11 is 0. The van der Waals surface area contributed by atoms with Gasteiger partial charge in [0.25, 0.3) is 0 Å². The molecule has 0 radical (unpaired) electrons. The van der Waals surface area contributed by atoms with E-state index in [4.69, 9.17) is 5.73 Å². The molecule has 0 heterocycles. The molecule has 2 unspecified atom stereocenters. The molecule has 1 aliphatic carbocycles. The lowest BCUT2D eigenvalue weighted by Crippen LogP contribution is -2.47. The van der Waals surface area contributed by atoms with E-state index in [1.807, 2.05) is 13.8 Å². The van der Waals surface area contributed by atoms with E-state index in [1.54, 1.807) is 0 Å². The number of hydrogen-bond acceptors (Lipinski definition) is 4. The lowest BCUT2D eigenvalue weighted by molar-refractivity contribution is -0.123. The molecule has 0 saturated heterocycles. The summed E-state index contributed by atoms with van der Waals surface area (Å²) in [5, 5.41) is 2.82. The van der Waals surface area contributed by atoms with Crippen molar-refractivity contribution >= 4 is 15.9 Å². The third-order valence-corrected chi connectivity index (χ3v) is 4.31. The molecule has 1 saturated carbocycles. The fourth-order valence-corrected chi connectivity index (χ4v) is 3.22. The van der Waals surface area contributed by atoms with Gasteiger partial charge in [0.1, 0.15) is 0 Å². The monoisotopic (exact) mass is 291 g/mol. The average molecular weight is 291 g/mol. The third-order valence-electron chi connectivity index (χ3n) is 3.58. The molecule has 0 aromatic carbocycles. The van der Waals surface area contributed by atoms with Crippen LogP contribution in [0.15, 0.2) is 0 Å². The van der Waals surface area contributed by atoms with Crippen molar-refractivity contribution in [3.8, 4) is 0 Å². The van der Waals surface area contributed by atoms with Gasteiger partial charge in [-0.1, -0.05) is 20.3 Å². The molecule has 1 amide bonds. The van der Waals surface area contributed by atoms with Crippen LogP contribution < -0.4 is 15.8 Å². The Morgan fingerprint density at radius 2 is 2.00 bits per heavy atom. The minimum atomic E-state index is -3.20. The number of sulfonamides is 1. The van der Waals surface area contributed by atoms with Crippen LogP contribution in [0.2, 0.25) is 0 Å². The molecule has 112 valence electrons. The first-order chi connectivity index (χ1) is 8.70. The van der Waals surface area contributed by atoms with E-state index in [9.17, 15) is 13.2 Å². The molecule has 0 bridgehead atoms. The van der Waals surface area contributed by atoms with Gasteiger partial charge >= 0.3 is 0 Å². The molecule has 7 heteroatoms. The van der Waals surface area contributed by atoms with Gasteiger partial charge in [-0.2, -0.15) is 0 Å². The number of nitrogens with one attached hydrogen (secondary N) is 2.